The van der Waals surface area contributed by atoms with Crippen molar-refractivity contribution in [3.05, 3.63) is 93.4 Å². The Morgan fingerprint density at radius 1 is 1.15 bits per heavy atom. The molecule has 3 rings (SSSR count). The van der Waals surface area contributed by atoms with Crippen molar-refractivity contribution in [1.29, 1.82) is 5.26 Å². The predicted molar refractivity (Wildman–Crippen MR) is 101 cm³/mol. The SMILES string of the molecule is Cc1c(C(=O)N/N=C/c2ccccc2)nn(-c2ccccc2)c(=O)c1C#N. The second-order valence-corrected chi connectivity index (χ2v) is 5.62. The van der Waals surface area contributed by atoms with E-state index < -0.39 is 11.5 Å². The molecular weight excluding hydrogens is 342 g/mol. The molecule has 0 aliphatic rings. The highest BCUT2D eigenvalue weighted by atomic mass is 16.2. The Hall–Kier alpha value is -4.05. The van der Waals surface area contributed by atoms with Crippen LogP contribution in [-0.2, 0) is 0 Å². The van der Waals surface area contributed by atoms with E-state index in [2.05, 4.69) is 15.6 Å². The molecule has 0 aliphatic carbocycles. The highest BCUT2D eigenvalue weighted by molar-refractivity contribution is 5.94. The number of aromatic nitrogens is 2. The van der Waals surface area contributed by atoms with Crippen LogP contribution in [0.15, 0.2) is 70.6 Å². The average Bonchev–Trinajstić information content (AvgIpc) is 2.70. The third kappa shape index (κ3) is 3.80. The Morgan fingerprint density at radius 3 is 2.41 bits per heavy atom. The monoisotopic (exact) mass is 357 g/mol. The highest BCUT2D eigenvalue weighted by Gasteiger charge is 2.19. The summed E-state index contributed by atoms with van der Waals surface area (Å²) in [5.74, 6) is -0.610. The van der Waals surface area contributed by atoms with Gasteiger partial charge in [0.05, 0.1) is 11.9 Å². The van der Waals surface area contributed by atoms with Crippen molar-refractivity contribution in [2.24, 2.45) is 5.10 Å². The molecule has 0 saturated heterocycles. The van der Waals surface area contributed by atoms with Gasteiger partial charge in [0.2, 0.25) is 0 Å². The van der Waals surface area contributed by atoms with Crippen LogP contribution in [0.25, 0.3) is 5.69 Å². The molecule has 0 saturated carbocycles. The first-order chi connectivity index (χ1) is 13.1. The summed E-state index contributed by atoms with van der Waals surface area (Å²) in [7, 11) is 0. The van der Waals surface area contributed by atoms with Gasteiger partial charge in [-0.25, -0.2) is 5.43 Å². The smallest absolute Gasteiger partial charge is 0.266 e. The van der Waals surface area contributed by atoms with Crippen LogP contribution in [0.1, 0.15) is 27.2 Å². The summed E-state index contributed by atoms with van der Waals surface area (Å²) in [6.45, 7) is 1.51. The predicted octanol–water partition coefficient (Wildman–Crippen LogP) is 2.18. The molecule has 0 radical (unpaired) electrons. The Labute approximate surface area is 155 Å². The number of hydrazone groups is 1. The number of benzene rings is 2. The Bertz CT molecular complexity index is 1100. The van der Waals surface area contributed by atoms with Crippen LogP contribution >= 0.6 is 0 Å². The van der Waals surface area contributed by atoms with E-state index in [1.807, 2.05) is 36.4 Å². The Kier molecular flexibility index (Phi) is 5.19. The van der Waals surface area contributed by atoms with Gasteiger partial charge in [0.1, 0.15) is 11.6 Å². The van der Waals surface area contributed by atoms with Crippen LogP contribution < -0.4 is 11.0 Å². The van der Waals surface area contributed by atoms with E-state index >= 15 is 0 Å². The molecule has 7 heteroatoms. The van der Waals surface area contributed by atoms with Crippen LogP contribution in [0.4, 0.5) is 0 Å². The van der Waals surface area contributed by atoms with Crippen LogP contribution in [0, 0.1) is 18.3 Å². The first-order valence-corrected chi connectivity index (χ1v) is 8.09. The first kappa shape index (κ1) is 17.8. The van der Waals surface area contributed by atoms with E-state index in [-0.39, 0.29) is 16.8 Å². The maximum Gasteiger partial charge on any atom is 0.292 e. The molecule has 0 spiro atoms. The van der Waals surface area contributed by atoms with Gasteiger partial charge in [0.25, 0.3) is 11.5 Å². The summed E-state index contributed by atoms with van der Waals surface area (Å²) in [6.07, 6.45) is 1.49. The molecule has 0 bridgehead atoms. The molecule has 1 amide bonds. The second kappa shape index (κ2) is 7.89. The fourth-order valence-electron chi connectivity index (χ4n) is 2.45. The van der Waals surface area contributed by atoms with Crippen molar-refractivity contribution >= 4 is 12.1 Å². The van der Waals surface area contributed by atoms with Crippen molar-refractivity contribution < 1.29 is 4.79 Å². The number of carbonyl (C=O) groups is 1. The molecule has 7 nitrogen and oxygen atoms in total. The van der Waals surface area contributed by atoms with Crippen LogP contribution in [-0.4, -0.2) is 21.9 Å². The van der Waals surface area contributed by atoms with Gasteiger partial charge in [-0.15, -0.1) is 0 Å². The minimum absolute atomic E-state index is 0.0415. The maximum atomic E-state index is 12.5. The van der Waals surface area contributed by atoms with Crippen molar-refractivity contribution in [2.75, 3.05) is 0 Å². The van der Waals surface area contributed by atoms with Gasteiger partial charge < -0.3 is 0 Å². The largest absolute Gasteiger partial charge is 0.292 e. The normalized spacial score (nSPS) is 10.5. The molecule has 0 aliphatic heterocycles. The minimum Gasteiger partial charge on any atom is -0.266 e. The number of nitrogens with zero attached hydrogens (tertiary/aromatic N) is 4. The van der Waals surface area contributed by atoms with E-state index in [0.717, 1.165) is 10.2 Å². The van der Waals surface area contributed by atoms with E-state index in [4.69, 9.17) is 0 Å². The fraction of sp³-hybridized carbons (Fsp3) is 0.0500. The zero-order valence-corrected chi connectivity index (χ0v) is 14.5. The summed E-state index contributed by atoms with van der Waals surface area (Å²) in [4.78, 5) is 25.0. The number of para-hydroxylation sites is 1. The molecule has 2 aromatic carbocycles. The molecule has 0 atom stereocenters. The maximum absolute atomic E-state index is 12.5. The van der Waals surface area contributed by atoms with Gasteiger partial charge >= 0.3 is 0 Å². The second-order valence-electron chi connectivity index (χ2n) is 5.62. The Balaban J connectivity index is 1.97. The Morgan fingerprint density at radius 2 is 1.78 bits per heavy atom. The topological polar surface area (TPSA) is 100 Å². The number of nitriles is 1. The van der Waals surface area contributed by atoms with Gasteiger partial charge in [-0.05, 0) is 24.6 Å². The number of hydrogen-bond donors (Lipinski definition) is 1. The molecule has 3 aromatic rings. The number of nitrogens with one attached hydrogen (secondary N) is 1. The van der Waals surface area contributed by atoms with Crippen LogP contribution in [0.5, 0.6) is 0 Å². The molecule has 27 heavy (non-hydrogen) atoms. The van der Waals surface area contributed by atoms with E-state index in [9.17, 15) is 14.9 Å². The molecule has 1 N–H and O–H groups in total. The molecule has 0 unspecified atom stereocenters. The van der Waals surface area contributed by atoms with Crippen molar-refractivity contribution in [3.63, 3.8) is 0 Å². The van der Waals surface area contributed by atoms with Crippen molar-refractivity contribution in [3.8, 4) is 11.8 Å². The van der Waals surface area contributed by atoms with Gasteiger partial charge in [0.15, 0.2) is 5.69 Å². The lowest BCUT2D eigenvalue weighted by Gasteiger charge is -2.10. The quantitative estimate of drug-likeness (QED) is 0.571. The van der Waals surface area contributed by atoms with Gasteiger partial charge in [0, 0.05) is 5.56 Å². The standard InChI is InChI=1S/C20H15N5O2/c1-14-17(12-21)20(27)25(16-10-6-3-7-11-16)24-18(14)19(26)23-22-13-15-8-4-2-5-9-15/h2-11,13H,1H3,(H,23,26)/b22-13+. The fourth-order valence-corrected chi connectivity index (χ4v) is 2.45. The lowest BCUT2D eigenvalue weighted by Crippen LogP contribution is -2.31. The lowest BCUT2D eigenvalue weighted by molar-refractivity contribution is 0.0947. The molecule has 1 heterocycles. The van der Waals surface area contributed by atoms with E-state index in [1.54, 1.807) is 30.3 Å². The van der Waals surface area contributed by atoms with Crippen LogP contribution in [0.3, 0.4) is 0 Å². The molecule has 0 fully saturated rings. The number of hydrogen-bond acceptors (Lipinski definition) is 5. The van der Waals surface area contributed by atoms with Crippen molar-refractivity contribution in [1.82, 2.24) is 15.2 Å². The van der Waals surface area contributed by atoms with E-state index in [0.29, 0.717) is 5.69 Å². The third-order valence-electron chi connectivity index (χ3n) is 3.84. The van der Waals surface area contributed by atoms with Gasteiger partial charge in [-0.2, -0.15) is 20.1 Å². The van der Waals surface area contributed by atoms with E-state index in [1.165, 1.54) is 13.1 Å². The van der Waals surface area contributed by atoms with Crippen LogP contribution in [0.2, 0.25) is 0 Å². The summed E-state index contributed by atoms with van der Waals surface area (Å²) >= 11 is 0. The number of carbonyl (C=O) groups excluding carboxylic acids is 1. The summed E-state index contributed by atoms with van der Waals surface area (Å²) in [5.41, 5.74) is 3.11. The van der Waals surface area contributed by atoms with Gasteiger partial charge in [-0.3, -0.25) is 9.59 Å². The zero-order valence-electron chi connectivity index (χ0n) is 14.5. The summed E-state index contributed by atoms with van der Waals surface area (Å²) in [6, 6.07) is 19.7. The first-order valence-electron chi connectivity index (χ1n) is 8.09. The minimum atomic E-state index is -0.610. The highest BCUT2D eigenvalue weighted by Crippen LogP contribution is 2.10. The molecular formula is C20H15N5O2. The average molecular weight is 357 g/mol. The van der Waals surface area contributed by atoms with Gasteiger partial charge in [-0.1, -0.05) is 48.5 Å². The molecule has 1 aromatic heterocycles. The molecule has 132 valence electrons. The summed E-state index contributed by atoms with van der Waals surface area (Å²) in [5, 5.41) is 17.4. The number of rotatable bonds is 4. The van der Waals surface area contributed by atoms with Crippen molar-refractivity contribution in [2.45, 2.75) is 6.92 Å². The lowest BCUT2D eigenvalue weighted by atomic mass is 10.1. The number of amides is 1. The summed E-state index contributed by atoms with van der Waals surface area (Å²) < 4.78 is 1.04. The third-order valence-corrected chi connectivity index (χ3v) is 3.84. The zero-order chi connectivity index (χ0) is 19.2.